The zero-order valence-corrected chi connectivity index (χ0v) is 11.7. The maximum absolute atomic E-state index is 10.7. The van der Waals surface area contributed by atoms with E-state index in [-0.39, 0.29) is 5.69 Å². The summed E-state index contributed by atoms with van der Waals surface area (Å²) < 4.78 is 5.21. The summed E-state index contributed by atoms with van der Waals surface area (Å²) in [6.07, 6.45) is 0. The number of nitro benzene ring substituents is 1. The maximum Gasteiger partial charge on any atom is 0.270 e. The predicted octanol–water partition coefficient (Wildman–Crippen LogP) is 1.64. The second-order valence-electron chi connectivity index (χ2n) is 4.33. The molecule has 0 atom stereocenters. The van der Waals surface area contributed by atoms with Crippen molar-refractivity contribution < 1.29 is 9.66 Å². The molecule has 1 N–H and O–H groups in total. The highest BCUT2D eigenvalue weighted by molar-refractivity contribution is 5.43. The van der Waals surface area contributed by atoms with Crippen LogP contribution < -0.4 is 10.1 Å². The zero-order chi connectivity index (χ0) is 14.3. The molecule has 0 spiro atoms. The number of nitrogens with one attached hydrogen (secondary N) is 1. The highest BCUT2D eigenvalue weighted by Crippen LogP contribution is 2.23. The third-order valence-corrected chi connectivity index (χ3v) is 3.00. The molecule has 6 heteroatoms. The van der Waals surface area contributed by atoms with Gasteiger partial charge in [0, 0.05) is 37.3 Å². The van der Waals surface area contributed by atoms with E-state index in [1.54, 1.807) is 19.2 Å². The Bertz CT molecular complexity index is 424. The fraction of sp³-hybridized carbons (Fsp3) is 0.538. The number of hydrogen-bond donors (Lipinski definition) is 1. The molecular weight excluding hydrogens is 246 g/mol. The van der Waals surface area contributed by atoms with Gasteiger partial charge in [-0.1, -0.05) is 6.92 Å². The normalized spacial score (nSPS) is 10.7. The molecule has 0 amide bonds. The van der Waals surface area contributed by atoms with E-state index in [9.17, 15) is 10.1 Å². The molecule has 0 radical (unpaired) electrons. The smallest absolute Gasteiger partial charge is 0.270 e. The van der Waals surface area contributed by atoms with Crippen molar-refractivity contribution in [1.82, 2.24) is 10.2 Å². The fourth-order valence-corrected chi connectivity index (χ4v) is 1.67. The SMILES string of the molecule is CCN(C)CCNCc1cc([N+](=O)[O-])ccc1OC. The molecular formula is C13H21N3O3. The van der Waals surface area contributed by atoms with Crippen LogP contribution in [-0.4, -0.2) is 43.6 Å². The van der Waals surface area contributed by atoms with Crippen LogP contribution in [0.4, 0.5) is 5.69 Å². The first-order valence-corrected chi connectivity index (χ1v) is 6.29. The Balaban J connectivity index is 2.60. The topological polar surface area (TPSA) is 67.6 Å². The average molecular weight is 267 g/mol. The van der Waals surface area contributed by atoms with Gasteiger partial charge >= 0.3 is 0 Å². The molecule has 19 heavy (non-hydrogen) atoms. The van der Waals surface area contributed by atoms with Crippen LogP contribution in [0.5, 0.6) is 5.75 Å². The monoisotopic (exact) mass is 267 g/mol. The van der Waals surface area contributed by atoms with Crippen molar-refractivity contribution in [2.24, 2.45) is 0 Å². The molecule has 106 valence electrons. The number of non-ortho nitro benzene ring substituents is 1. The average Bonchev–Trinajstić information content (AvgIpc) is 2.42. The lowest BCUT2D eigenvalue weighted by Gasteiger charge is -2.14. The van der Waals surface area contributed by atoms with E-state index < -0.39 is 4.92 Å². The fourth-order valence-electron chi connectivity index (χ4n) is 1.67. The van der Waals surface area contributed by atoms with E-state index >= 15 is 0 Å². The molecule has 0 aliphatic rings. The number of likely N-dealkylation sites (N-methyl/N-ethyl adjacent to an activating group) is 1. The van der Waals surface area contributed by atoms with Gasteiger partial charge in [-0.2, -0.15) is 0 Å². The summed E-state index contributed by atoms with van der Waals surface area (Å²) in [5.41, 5.74) is 0.888. The minimum Gasteiger partial charge on any atom is -0.496 e. The second kappa shape index (κ2) is 7.70. The van der Waals surface area contributed by atoms with Crippen LogP contribution in [0.15, 0.2) is 18.2 Å². The Morgan fingerprint density at radius 3 is 2.79 bits per heavy atom. The van der Waals surface area contributed by atoms with Crippen LogP contribution in [-0.2, 0) is 6.54 Å². The summed E-state index contributed by atoms with van der Waals surface area (Å²) >= 11 is 0. The molecule has 0 aromatic heterocycles. The van der Waals surface area contributed by atoms with Gasteiger partial charge in [-0.05, 0) is 19.7 Å². The van der Waals surface area contributed by atoms with E-state index in [2.05, 4.69) is 24.2 Å². The first kappa shape index (κ1) is 15.4. The Labute approximate surface area is 113 Å². The Morgan fingerprint density at radius 2 is 2.21 bits per heavy atom. The van der Waals surface area contributed by atoms with E-state index in [1.165, 1.54) is 6.07 Å². The van der Waals surface area contributed by atoms with Gasteiger partial charge in [0.05, 0.1) is 12.0 Å². The van der Waals surface area contributed by atoms with Gasteiger partial charge in [-0.3, -0.25) is 10.1 Å². The third kappa shape index (κ3) is 4.84. The number of hydrogen-bond acceptors (Lipinski definition) is 5. The molecule has 0 saturated carbocycles. The van der Waals surface area contributed by atoms with Crippen LogP contribution in [0.3, 0.4) is 0 Å². The molecule has 0 aliphatic heterocycles. The lowest BCUT2D eigenvalue weighted by atomic mass is 10.1. The largest absolute Gasteiger partial charge is 0.496 e. The number of rotatable bonds is 8. The lowest BCUT2D eigenvalue weighted by Crippen LogP contribution is -2.28. The molecule has 0 unspecified atom stereocenters. The number of methoxy groups -OCH3 is 1. The van der Waals surface area contributed by atoms with Crippen molar-refractivity contribution in [1.29, 1.82) is 0 Å². The molecule has 1 rings (SSSR count). The van der Waals surface area contributed by atoms with Crippen molar-refractivity contribution in [3.05, 3.63) is 33.9 Å². The van der Waals surface area contributed by atoms with E-state index in [0.717, 1.165) is 25.2 Å². The van der Waals surface area contributed by atoms with Crippen molar-refractivity contribution in [2.45, 2.75) is 13.5 Å². The summed E-state index contributed by atoms with van der Waals surface area (Å²) in [6, 6.07) is 4.63. The summed E-state index contributed by atoms with van der Waals surface area (Å²) in [7, 11) is 3.62. The van der Waals surface area contributed by atoms with Crippen molar-refractivity contribution >= 4 is 5.69 Å². The van der Waals surface area contributed by atoms with Gasteiger partial charge in [0.25, 0.3) is 5.69 Å². The van der Waals surface area contributed by atoms with Crippen molar-refractivity contribution in [3.63, 3.8) is 0 Å². The molecule has 6 nitrogen and oxygen atoms in total. The highest BCUT2D eigenvalue weighted by atomic mass is 16.6. The number of ether oxygens (including phenoxy) is 1. The van der Waals surface area contributed by atoms with Crippen molar-refractivity contribution in [2.75, 3.05) is 33.8 Å². The Morgan fingerprint density at radius 1 is 1.47 bits per heavy atom. The van der Waals surface area contributed by atoms with Gasteiger partial charge < -0.3 is 15.0 Å². The van der Waals surface area contributed by atoms with Crippen molar-refractivity contribution in [3.8, 4) is 5.75 Å². The van der Waals surface area contributed by atoms with Crippen LogP contribution in [0, 0.1) is 10.1 Å². The third-order valence-electron chi connectivity index (χ3n) is 3.00. The van der Waals surface area contributed by atoms with Crippen LogP contribution in [0.25, 0.3) is 0 Å². The van der Waals surface area contributed by atoms with Gasteiger partial charge in [-0.15, -0.1) is 0 Å². The first-order valence-electron chi connectivity index (χ1n) is 6.29. The lowest BCUT2D eigenvalue weighted by molar-refractivity contribution is -0.384. The first-order chi connectivity index (χ1) is 9.08. The minimum absolute atomic E-state index is 0.0864. The molecule has 0 heterocycles. The van der Waals surface area contributed by atoms with Crippen LogP contribution in [0.1, 0.15) is 12.5 Å². The molecule has 0 fully saturated rings. The summed E-state index contributed by atoms with van der Waals surface area (Å²) in [5.74, 6) is 0.668. The summed E-state index contributed by atoms with van der Waals surface area (Å²) in [4.78, 5) is 12.5. The summed E-state index contributed by atoms with van der Waals surface area (Å²) in [5, 5.41) is 14.0. The Hall–Kier alpha value is -1.66. The molecule has 1 aromatic rings. The Kier molecular flexibility index (Phi) is 6.24. The number of nitrogens with zero attached hydrogens (tertiary/aromatic N) is 2. The molecule has 1 aromatic carbocycles. The van der Waals surface area contributed by atoms with Gasteiger partial charge in [0.2, 0.25) is 0 Å². The molecule has 0 aliphatic carbocycles. The highest BCUT2D eigenvalue weighted by Gasteiger charge is 2.10. The standard InChI is InChI=1S/C13H21N3O3/c1-4-15(2)8-7-14-10-11-9-12(16(17)18)5-6-13(11)19-3/h5-6,9,14H,4,7-8,10H2,1-3H3. The van der Waals surface area contributed by atoms with Gasteiger partial charge in [-0.25, -0.2) is 0 Å². The number of benzene rings is 1. The second-order valence-corrected chi connectivity index (χ2v) is 4.33. The van der Waals surface area contributed by atoms with Gasteiger partial charge in [0.1, 0.15) is 5.75 Å². The van der Waals surface area contributed by atoms with Gasteiger partial charge in [0.15, 0.2) is 0 Å². The molecule has 0 bridgehead atoms. The minimum atomic E-state index is -0.395. The van der Waals surface area contributed by atoms with E-state index in [0.29, 0.717) is 12.3 Å². The quantitative estimate of drug-likeness (QED) is 0.440. The molecule has 0 saturated heterocycles. The maximum atomic E-state index is 10.7. The van der Waals surface area contributed by atoms with Crippen LogP contribution >= 0.6 is 0 Å². The number of nitro groups is 1. The van der Waals surface area contributed by atoms with E-state index in [4.69, 9.17) is 4.74 Å². The van der Waals surface area contributed by atoms with Crippen LogP contribution in [0.2, 0.25) is 0 Å². The summed E-state index contributed by atoms with van der Waals surface area (Å²) in [6.45, 7) is 5.43. The van der Waals surface area contributed by atoms with E-state index in [1.807, 2.05) is 0 Å². The predicted molar refractivity (Wildman–Crippen MR) is 74.5 cm³/mol. The zero-order valence-electron chi connectivity index (χ0n) is 11.7.